The third-order valence-electron chi connectivity index (χ3n) is 2.09. The van der Waals surface area contributed by atoms with Crippen molar-refractivity contribution in [2.75, 3.05) is 19.8 Å². The van der Waals surface area contributed by atoms with E-state index in [2.05, 4.69) is 24.5 Å². The van der Waals surface area contributed by atoms with Crippen LogP contribution in [0.2, 0.25) is 0 Å². The summed E-state index contributed by atoms with van der Waals surface area (Å²) >= 11 is 0. The number of carbonyl (C=O) groups excluding carboxylic acids is 1. The fourth-order valence-electron chi connectivity index (χ4n) is 0.967. The van der Waals surface area contributed by atoms with Crippen molar-refractivity contribution in [2.45, 2.75) is 33.2 Å². The van der Waals surface area contributed by atoms with Crippen molar-refractivity contribution < 1.29 is 19.4 Å². The molecule has 0 spiro atoms. The molecular formula is C11H22N2O4. The molecule has 0 aliphatic carbocycles. The molecule has 6 nitrogen and oxygen atoms in total. The lowest BCUT2D eigenvalue weighted by molar-refractivity contribution is -0.138. The van der Waals surface area contributed by atoms with Crippen molar-refractivity contribution in [1.29, 1.82) is 0 Å². The number of ether oxygens (including phenoxy) is 1. The van der Waals surface area contributed by atoms with Gasteiger partial charge >= 0.3 is 12.0 Å². The smallest absolute Gasteiger partial charge is 0.325 e. The van der Waals surface area contributed by atoms with Gasteiger partial charge in [-0.1, -0.05) is 13.8 Å². The first-order valence-electron chi connectivity index (χ1n) is 5.78. The molecule has 1 atom stereocenters. The fraction of sp³-hybridized carbons (Fsp3) is 0.818. The summed E-state index contributed by atoms with van der Waals surface area (Å²) in [5.41, 5.74) is 0. The van der Waals surface area contributed by atoms with E-state index in [1.807, 2.05) is 0 Å². The van der Waals surface area contributed by atoms with Gasteiger partial charge in [0.05, 0.1) is 6.61 Å². The molecule has 0 saturated heterocycles. The average Bonchev–Trinajstić information content (AvgIpc) is 2.22. The van der Waals surface area contributed by atoms with E-state index >= 15 is 0 Å². The van der Waals surface area contributed by atoms with E-state index < -0.39 is 18.0 Å². The standard InChI is InChI=1S/C11H22N2O4/c1-8(2)4-6-17-7-5-12-11(16)13-9(3)10(14)15/h8-9H,4-7H2,1-3H3,(H,14,15)(H2,12,13,16). The summed E-state index contributed by atoms with van der Waals surface area (Å²) in [7, 11) is 0. The summed E-state index contributed by atoms with van der Waals surface area (Å²) in [4.78, 5) is 21.6. The lowest BCUT2D eigenvalue weighted by Gasteiger charge is -2.11. The zero-order chi connectivity index (χ0) is 13.3. The summed E-state index contributed by atoms with van der Waals surface area (Å²) in [6.07, 6.45) is 0.988. The van der Waals surface area contributed by atoms with Gasteiger partial charge in [0.25, 0.3) is 0 Å². The van der Waals surface area contributed by atoms with Gasteiger partial charge in [-0.3, -0.25) is 4.79 Å². The minimum absolute atomic E-state index is 0.371. The number of hydrogen-bond acceptors (Lipinski definition) is 3. The molecule has 0 bridgehead atoms. The van der Waals surface area contributed by atoms with Crippen LogP contribution in [0.15, 0.2) is 0 Å². The molecule has 0 radical (unpaired) electrons. The molecule has 3 N–H and O–H groups in total. The van der Waals surface area contributed by atoms with Crippen LogP contribution in [0.4, 0.5) is 4.79 Å². The number of hydrogen-bond donors (Lipinski definition) is 3. The van der Waals surface area contributed by atoms with Crippen molar-refractivity contribution >= 4 is 12.0 Å². The maximum Gasteiger partial charge on any atom is 0.325 e. The molecule has 0 aliphatic heterocycles. The molecule has 0 rings (SSSR count). The summed E-state index contributed by atoms with van der Waals surface area (Å²) < 4.78 is 5.29. The first-order chi connectivity index (χ1) is 7.93. The summed E-state index contributed by atoms with van der Waals surface area (Å²) in [6, 6.07) is -1.38. The molecule has 100 valence electrons. The predicted molar refractivity (Wildman–Crippen MR) is 63.9 cm³/mol. The molecule has 0 fully saturated rings. The van der Waals surface area contributed by atoms with E-state index in [0.29, 0.717) is 25.7 Å². The first-order valence-corrected chi connectivity index (χ1v) is 5.78. The largest absolute Gasteiger partial charge is 0.480 e. The highest BCUT2D eigenvalue weighted by atomic mass is 16.5. The Kier molecular flexibility index (Phi) is 8.13. The first kappa shape index (κ1) is 15.7. The van der Waals surface area contributed by atoms with E-state index in [1.54, 1.807) is 0 Å². The van der Waals surface area contributed by atoms with Crippen LogP contribution in [0.3, 0.4) is 0 Å². The van der Waals surface area contributed by atoms with Crippen LogP contribution >= 0.6 is 0 Å². The lowest BCUT2D eigenvalue weighted by atomic mass is 10.1. The number of amides is 2. The zero-order valence-electron chi connectivity index (χ0n) is 10.7. The Hall–Kier alpha value is -1.30. The van der Waals surface area contributed by atoms with Gasteiger partial charge in [0.2, 0.25) is 0 Å². The Labute approximate surface area is 102 Å². The van der Waals surface area contributed by atoms with Crippen molar-refractivity contribution in [2.24, 2.45) is 5.92 Å². The van der Waals surface area contributed by atoms with Crippen molar-refractivity contribution in [3.8, 4) is 0 Å². The number of carbonyl (C=O) groups is 2. The molecular weight excluding hydrogens is 224 g/mol. The van der Waals surface area contributed by atoms with E-state index in [-0.39, 0.29) is 0 Å². The summed E-state index contributed by atoms with van der Waals surface area (Å²) in [5.74, 6) is -0.462. The summed E-state index contributed by atoms with van der Waals surface area (Å²) in [6.45, 7) is 7.11. The topological polar surface area (TPSA) is 87.7 Å². The van der Waals surface area contributed by atoms with Crippen LogP contribution in [0, 0.1) is 5.92 Å². The van der Waals surface area contributed by atoms with Crippen molar-refractivity contribution in [3.05, 3.63) is 0 Å². The van der Waals surface area contributed by atoms with E-state index in [1.165, 1.54) is 6.92 Å². The minimum atomic E-state index is -1.06. The SMILES string of the molecule is CC(C)CCOCCNC(=O)NC(C)C(=O)O. The van der Waals surface area contributed by atoms with Gasteiger partial charge in [0, 0.05) is 13.2 Å². The maximum absolute atomic E-state index is 11.2. The Morgan fingerprint density at radius 2 is 1.88 bits per heavy atom. The Balaban J connectivity index is 3.43. The van der Waals surface area contributed by atoms with Crippen LogP contribution < -0.4 is 10.6 Å². The Morgan fingerprint density at radius 1 is 1.24 bits per heavy atom. The summed E-state index contributed by atoms with van der Waals surface area (Å²) in [5, 5.41) is 13.4. The number of carboxylic acid groups (broad SMARTS) is 1. The molecule has 2 amide bonds. The van der Waals surface area contributed by atoms with Gasteiger partial charge in [-0.05, 0) is 19.3 Å². The molecule has 17 heavy (non-hydrogen) atoms. The molecule has 0 saturated carbocycles. The Morgan fingerprint density at radius 3 is 2.41 bits per heavy atom. The van der Waals surface area contributed by atoms with Crippen molar-refractivity contribution in [3.63, 3.8) is 0 Å². The quantitative estimate of drug-likeness (QED) is 0.553. The monoisotopic (exact) mass is 246 g/mol. The molecule has 0 aromatic rings. The van der Waals surface area contributed by atoms with Crippen LogP contribution in [-0.2, 0) is 9.53 Å². The highest BCUT2D eigenvalue weighted by Crippen LogP contribution is 1.98. The van der Waals surface area contributed by atoms with E-state index in [4.69, 9.17) is 9.84 Å². The average molecular weight is 246 g/mol. The van der Waals surface area contributed by atoms with Crippen molar-refractivity contribution in [1.82, 2.24) is 10.6 Å². The van der Waals surface area contributed by atoms with Gasteiger partial charge in [-0.2, -0.15) is 0 Å². The number of nitrogens with one attached hydrogen (secondary N) is 2. The minimum Gasteiger partial charge on any atom is -0.480 e. The number of carboxylic acids is 1. The molecule has 0 aromatic carbocycles. The second kappa shape index (κ2) is 8.81. The second-order valence-corrected chi connectivity index (χ2v) is 4.26. The second-order valence-electron chi connectivity index (χ2n) is 4.26. The molecule has 0 aliphatic rings. The molecule has 6 heteroatoms. The molecule has 0 aromatic heterocycles. The van der Waals surface area contributed by atoms with E-state index in [9.17, 15) is 9.59 Å². The highest BCUT2D eigenvalue weighted by Gasteiger charge is 2.12. The Bertz CT molecular complexity index is 244. The third-order valence-corrected chi connectivity index (χ3v) is 2.09. The third kappa shape index (κ3) is 9.62. The highest BCUT2D eigenvalue weighted by molar-refractivity contribution is 5.82. The van der Waals surface area contributed by atoms with Crippen LogP contribution in [0.1, 0.15) is 27.2 Å². The molecule has 0 heterocycles. The van der Waals surface area contributed by atoms with Gasteiger partial charge in [0.1, 0.15) is 6.04 Å². The van der Waals surface area contributed by atoms with Gasteiger partial charge in [0.15, 0.2) is 0 Å². The number of rotatable bonds is 8. The predicted octanol–water partition coefficient (Wildman–Crippen LogP) is 0.821. The number of urea groups is 1. The maximum atomic E-state index is 11.2. The van der Waals surface area contributed by atoms with Gasteiger partial charge in [-0.25, -0.2) is 4.79 Å². The van der Waals surface area contributed by atoms with Gasteiger partial charge in [-0.15, -0.1) is 0 Å². The fourth-order valence-corrected chi connectivity index (χ4v) is 0.967. The number of aliphatic carboxylic acids is 1. The lowest BCUT2D eigenvalue weighted by Crippen LogP contribution is -2.45. The zero-order valence-corrected chi connectivity index (χ0v) is 10.7. The van der Waals surface area contributed by atoms with Gasteiger partial charge < -0.3 is 20.5 Å². The van der Waals surface area contributed by atoms with Crippen LogP contribution in [0.5, 0.6) is 0 Å². The van der Waals surface area contributed by atoms with E-state index in [0.717, 1.165) is 6.42 Å². The van der Waals surface area contributed by atoms with Crippen LogP contribution in [0.25, 0.3) is 0 Å². The molecule has 1 unspecified atom stereocenters. The normalized spacial score (nSPS) is 12.2. The van der Waals surface area contributed by atoms with Crippen LogP contribution in [-0.4, -0.2) is 42.9 Å².